The number of carbonyl (C=O) groups excluding carboxylic acids is 1. The van der Waals surface area contributed by atoms with Gasteiger partial charge in [-0.1, -0.05) is 90.5 Å². The zero-order valence-electron chi connectivity index (χ0n) is 19.0. The Bertz CT molecular complexity index is 1430. The fourth-order valence-electron chi connectivity index (χ4n) is 3.90. The van der Waals surface area contributed by atoms with Crippen molar-refractivity contribution in [1.82, 2.24) is 9.55 Å². The van der Waals surface area contributed by atoms with E-state index in [4.69, 9.17) is 17.3 Å². The standard InChI is InChI=1S/C27H25ClN4O3/c28-22-14-8-7-13-21(22)15-16-23(33)31(17-19-9-3-1-4-10-19)24-25(29)32(27(35)30-26(24)34)18-20-11-5-2-6-12-20/h1-14H,15-18,29H2,(H,30,34,35). The van der Waals surface area contributed by atoms with Crippen LogP contribution in [0.5, 0.6) is 0 Å². The number of aryl methyl sites for hydroxylation is 1. The van der Waals surface area contributed by atoms with Crippen LogP contribution in [0.3, 0.4) is 0 Å². The second kappa shape index (κ2) is 10.9. The van der Waals surface area contributed by atoms with Crippen LogP contribution < -0.4 is 21.9 Å². The first-order valence-electron chi connectivity index (χ1n) is 11.2. The monoisotopic (exact) mass is 488 g/mol. The maximum absolute atomic E-state index is 13.5. The first-order chi connectivity index (χ1) is 16.9. The number of halogens is 1. The second-order valence-electron chi connectivity index (χ2n) is 8.12. The molecule has 0 aliphatic heterocycles. The molecule has 0 spiro atoms. The van der Waals surface area contributed by atoms with Gasteiger partial charge in [0.25, 0.3) is 5.56 Å². The van der Waals surface area contributed by atoms with Gasteiger partial charge >= 0.3 is 5.69 Å². The molecule has 1 amide bonds. The number of aromatic nitrogens is 2. The van der Waals surface area contributed by atoms with Crippen LogP contribution in [0.25, 0.3) is 0 Å². The van der Waals surface area contributed by atoms with E-state index in [2.05, 4.69) is 4.98 Å². The quantitative estimate of drug-likeness (QED) is 0.391. The van der Waals surface area contributed by atoms with Gasteiger partial charge in [-0.3, -0.25) is 19.1 Å². The molecule has 4 rings (SSSR count). The average Bonchev–Trinajstić information content (AvgIpc) is 2.86. The van der Waals surface area contributed by atoms with Gasteiger partial charge in [0.15, 0.2) is 5.69 Å². The van der Waals surface area contributed by atoms with Crippen molar-refractivity contribution >= 4 is 29.0 Å². The number of anilines is 2. The largest absolute Gasteiger partial charge is 0.383 e. The number of H-pyrrole nitrogens is 1. The van der Waals surface area contributed by atoms with Crippen LogP contribution in [0.2, 0.25) is 5.02 Å². The molecule has 0 aliphatic rings. The summed E-state index contributed by atoms with van der Waals surface area (Å²) in [5, 5.41) is 0.573. The summed E-state index contributed by atoms with van der Waals surface area (Å²) in [6, 6.07) is 25.9. The molecule has 0 aliphatic carbocycles. The smallest absolute Gasteiger partial charge is 0.330 e. The van der Waals surface area contributed by atoms with E-state index in [1.54, 1.807) is 6.07 Å². The average molecular weight is 489 g/mol. The summed E-state index contributed by atoms with van der Waals surface area (Å²) >= 11 is 6.26. The number of nitrogens with two attached hydrogens (primary N) is 1. The van der Waals surface area contributed by atoms with Gasteiger partial charge in [0.1, 0.15) is 5.82 Å². The summed E-state index contributed by atoms with van der Waals surface area (Å²) in [5.41, 5.74) is 7.47. The molecule has 0 bridgehead atoms. The van der Waals surface area contributed by atoms with Crippen LogP contribution in [-0.2, 0) is 24.3 Å². The summed E-state index contributed by atoms with van der Waals surface area (Å²) in [6.07, 6.45) is 0.499. The van der Waals surface area contributed by atoms with Gasteiger partial charge in [0.05, 0.1) is 13.1 Å². The number of hydrogen-bond donors (Lipinski definition) is 2. The fourth-order valence-corrected chi connectivity index (χ4v) is 4.13. The van der Waals surface area contributed by atoms with Crippen LogP contribution in [-0.4, -0.2) is 15.5 Å². The zero-order chi connectivity index (χ0) is 24.8. The summed E-state index contributed by atoms with van der Waals surface area (Å²) in [4.78, 5) is 42.7. The van der Waals surface area contributed by atoms with E-state index in [9.17, 15) is 14.4 Å². The van der Waals surface area contributed by atoms with Gasteiger partial charge in [-0.25, -0.2) is 4.79 Å². The minimum absolute atomic E-state index is 0.0476. The Labute approximate surface area is 207 Å². The second-order valence-corrected chi connectivity index (χ2v) is 8.53. The highest BCUT2D eigenvalue weighted by Gasteiger charge is 2.24. The van der Waals surface area contributed by atoms with Crippen LogP contribution in [0.15, 0.2) is 94.5 Å². The Hall–Kier alpha value is -4.10. The van der Waals surface area contributed by atoms with Crippen molar-refractivity contribution in [2.24, 2.45) is 0 Å². The lowest BCUT2D eigenvalue weighted by Gasteiger charge is -2.25. The third kappa shape index (κ3) is 5.70. The van der Waals surface area contributed by atoms with E-state index in [-0.39, 0.29) is 36.9 Å². The Balaban J connectivity index is 1.73. The first kappa shape index (κ1) is 24.0. The van der Waals surface area contributed by atoms with Crippen LogP contribution in [0.1, 0.15) is 23.1 Å². The fraction of sp³-hybridized carbons (Fsp3) is 0.148. The molecule has 1 aromatic heterocycles. The summed E-state index contributed by atoms with van der Waals surface area (Å²) in [7, 11) is 0. The predicted octanol–water partition coefficient (Wildman–Crippen LogP) is 3.99. The van der Waals surface area contributed by atoms with E-state index in [1.165, 1.54) is 9.47 Å². The minimum atomic E-state index is -0.709. The van der Waals surface area contributed by atoms with Crippen molar-refractivity contribution in [3.63, 3.8) is 0 Å². The van der Waals surface area contributed by atoms with Gasteiger partial charge < -0.3 is 10.6 Å². The molecule has 178 valence electrons. The molecular weight excluding hydrogens is 464 g/mol. The van der Waals surface area contributed by atoms with Gasteiger partial charge in [-0.05, 0) is 29.2 Å². The van der Waals surface area contributed by atoms with Gasteiger partial charge in [-0.2, -0.15) is 0 Å². The Morgan fingerprint density at radius 3 is 2.14 bits per heavy atom. The topological polar surface area (TPSA) is 101 Å². The molecule has 35 heavy (non-hydrogen) atoms. The lowest BCUT2D eigenvalue weighted by Crippen LogP contribution is -2.41. The van der Waals surface area contributed by atoms with Crippen LogP contribution in [0, 0.1) is 0 Å². The molecule has 1 heterocycles. The van der Waals surface area contributed by atoms with E-state index in [0.717, 1.165) is 16.7 Å². The summed E-state index contributed by atoms with van der Waals surface area (Å²) in [6.45, 7) is 0.279. The normalized spacial score (nSPS) is 10.8. The maximum atomic E-state index is 13.5. The number of hydrogen-bond acceptors (Lipinski definition) is 4. The molecule has 0 radical (unpaired) electrons. The third-order valence-electron chi connectivity index (χ3n) is 5.72. The molecule has 8 heteroatoms. The number of nitrogen functional groups attached to an aromatic ring is 1. The maximum Gasteiger partial charge on any atom is 0.330 e. The van der Waals surface area contributed by atoms with E-state index >= 15 is 0 Å². The molecule has 0 unspecified atom stereocenters. The lowest BCUT2D eigenvalue weighted by molar-refractivity contribution is -0.118. The van der Waals surface area contributed by atoms with E-state index in [1.807, 2.05) is 78.9 Å². The number of nitrogens with one attached hydrogen (secondary N) is 1. The highest BCUT2D eigenvalue weighted by atomic mass is 35.5. The van der Waals surface area contributed by atoms with Crippen molar-refractivity contribution in [1.29, 1.82) is 0 Å². The van der Waals surface area contributed by atoms with Crippen molar-refractivity contribution in [2.75, 3.05) is 10.6 Å². The number of aromatic amines is 1. The van der Waals surface area contributed by atoms with E-state index < -0.39 is 11.2 Å². The van der Waals surface area contributed by atoms with E-state index in [0.29, 0.717) is 11.4 Å². The minimum Gasteiger partial charge on any atom is -0.383 e. The number of carbonyl (C=O) groups is 1. The Kier molecular flexibility index (Phi) is 7.48. The molecule has 7 nitrogen and oxygen atoms in total. The van der Waals surface area contributed by atoms with Crippen molar-refractivity contribution in [2.45, 2.75) is 25.9 Å². The highest BCUT2D eigenvalue weighted by Crippen LogP contribution is 2.23. The Morgan fingerprint density at radius 1 is 0.886 bits per heavy atom. The third-order valence-corrected chi connectivity index (χ3v) is 6.09. The van der Waals surface area contributed by atoms with Gasteiger partial charge in [0, 0.05) is 11.4 Å². The summed E-state index contributed by atoms with van der Waals surface area (Å²) in [5.74, 6) is -0.375. The van der Waals surface area contributed by atoms with Crippen LogP contribution in [0.4, 0.5) is 11.5 Å². The van der Waals surface area contributed by atoms with Gasteiger partial charge in [0.2, 0.25) is 5.91 Å². The molecule has 3 N–H and O–H groups in total. The van der Waals surface area contributed by atoms with Crippen LogP contribution >= 0.6 is 11.6 Å². The molecule has 0 atom stereocenters. The lowest BCUT2D eigenvalue weighted by atomic mass is 10.1. The van der Waals surface area contributed by atoms with Crippen molar-refractivity contribution in [3.05, 3.63) is 127 Å². The molecule has 0 saturated heterocycles. The SMILES string of the molecule is Nc1c(N(Cc2ccccc2)C(=O)CCc2ccccc2Cl)c(=O)[nH]c(=O)n1Cc1ccccc1. The molecule has 0 fully saturated rings. The zero-order valence-corrected chi connectivity index (χ0v) is 19.7. The number of rotatable bonds is 8. The molecular formula is C27H25ClN4O3. The molecule has 0 saturated carbocycles. The predicted molar refractivity (Wildman–Crippen MR) is 139 cm³/mol. The number of nitrogens with zero attached hydrogens (tertiary/aromatic N) is 2. The Morgan fingerprint density at radius 2 is 1.49 bits per heavy atom. The van der Waals surface area contributed by atoms with Crippen molar-refractivity contribution in [3.8, 4) is 0 Å². The first-order valence-corrected chi connectivity index (χ1v) is 11.6. The number of amides is 1. The van der Waals surface area contributed by atoms with Gasteiger partial charge in [-0.15, -0.1) is 0 Å². The molecule has 3 aromatic carbocycles. The van der Waals surface area contributed by atoms with Crippen molar-refractivity contribution < 1.29 is 4.79 Å². The molecule has 4 aromatic rings. The number of benzene rings is 3. The summed E-state index contributed by atoms with van der Waals surface area (Å²) < 4.78 is 1.27. The highest BCUT2D eigenvalue weighted by molar-refractivity contribution is 6.31.